The molecule has 3 heteroatoms. The zero-order valence-corrected chi connectivity index (χ0v) is 6.75. The monoisotopic (exact) mass is 158 g/mol. The molecule has 0 aromatic rings. The third-order valence-corrected chi connectivity index (χ3v) is 2.94. The van der Waals surface area contributed by atoms with Crippen LogP contribution in [0.1, 0.15) is 13.3 Å². The van der Waals surface area contributed by atoms with Crippen molar-refractivity contribution >= 4 is 0 Å². The molecule has 2 heterocycles. The van der Waals surface area contributed by atoms with Crippen LogP contribution in [0, 0.1) is 5.92 Å². The van der Waals surface area contributed by atoms with Crippen molar-refractivity contribution in [3.05, 3.63) is 0 Å². The summed E-state index contributed by atoms with van der Waals surface area (Å²) in [6, 6.07) is 0. The summed E-state index contributed by atoms with van der Waals surface area (Å²) in [7, 11) is 0. The highest BCUT2D eigenvalue weighted by Crippen LogP contribution is 2.43. The van der Waals surface area contributed by atoms with E-state index in [1.807, 2.05) is 0 Å². The summed E-state index contributed by atoms with van der Waals surface area (Å²) in [5.74, 6) is 0.348. The molecule has 2 aliphatic heterocycles. The number of rotatable bonds is 1. The molecule has 2 fully saturated rings. The van der Waals surface area contributed by atoms with Gasteiger partial charge in [0, 0.05) is 18.9 Å². The van der Waals surface area contributed by atoms with E-state index in [0.29, 0.717) is 5.92 Å². The Morgan fingerprint density at radius 3 is 2.91 bits per heavy atom. The summed E-state index contributed by atoms with van der Waals surface area (Å²) in [5.41, 5.74) is 0.0750. The van der Waals surface area contributed by atoms with Gasteiger partial charge in [-0.3, -0.25) is 0 Å². The van der Waals surface area contributed by atoms with E-state index in [9.17, 15) is 0 Å². The molecule has 0 unspecified atom stereocenters. The number of aliphatic hydroxyl groups excluding tert-OH is 1. The van der Waals surface area contributed by atoms with Gasteiger partial charge in [-0.1, -0.05) is 6.92 Å². The van der Waals surface area contributed by atoms with Crippen molar-refractivity contribution in [1.82, 2.24) is 0 Å². The lowest BCUT2D eigenvalue weighted by Gasteiger charge is -2.32. The minimum Gasteiger partial charge on any atom is -0.394 e. The van der Waals surface area contributed by atoms with E-state index >= 15 is 0 Å². The van der Waals surface area contributed by atoms with Crippen LogP contribution < -0.4 is 0 Å². The molecule has 3 nitrogen and oxygen atoms in total. The maximum absolute atomic E-state index is 8.94. The summed E-state index contributed by atoms with van der Waals surface area (Å²) in [6.07, 6.45) is 0.983. The van der Waals surface area contributed by atoms with Crippen LogP contribution in [0.3, 0.4) is 0 Å². The average molecular weight is 158 g/mol. The lowest BCUT2D eigenvalue weighted by atomic mass is 9.85. The van der Waals surface area contributed by atoms with Crippen LogP contribution in [0.15, 0.2) is 0 Å². The second-order valence-corrected chi connectivity index (χ2v) is 3.48. The third-order valence-electron chi connectivity index (χ3n) is 2.94. The molecule has 3 atom stereocenters. The molecule has 0 amide bonds. The minimum atomic E-state index is -0.00810. The zero-order valence-electron chi connectivity index (χ0n) is 6.75. The number of epoxide rings is 1. The van der Waals surface area contributed by atoms with Crippen molar-refractivity contribution in [3.8, 4) is 0 Å². The lowest BCUT2D eigenvalue weighted by Crippen LogP contribution is -2.42. The molecule has 0 aromatic carbocycles. The maximum atomic E-state index is 8.94. The molecule has 2 rings (SSSR count). The van der Waals surface area contributed by atoms with Crippen molar-refractivity contribution in [2.75, 3.05) is 19.8 Å². The third kappa shape index (κ3) is 1.08. The Morgan fingerprint density at radius 1 is 1.64 bits per heavy atom. The molecular weight excluding hydrogens is 144 g/mol. The van der Waals surface area contributed by atoms with Crippen LogP contribution in [-0.4, -0.2) is 36.6 Å². The van der Waals surface area contributed by atoms with E-state index in [-0.39, 0.29) is 18.3 Å². The van der Waals surface area contributed by atoms with Crippen LogP contribution >= 0.6 is 0 Å². The van der Waals surface area contributed by atoms with Crippen molar-refractivity contribution in [2.24, 2.45) is 5.92 Å². The fraction of sp³-hybridized carbons (Fsp3) is 1.00. The highest BCUT2D eigenvalue weighted by molar-refractivity contribution is 5.01. The molecule has 0 radical (unpaired) electrons. The molecule has 0 saturated carbocycles. The molecule has 0 aromatic heterocycles. The van der Waals surface area contributed by atoms with Crippen LogP contribution in [0.5, 0.6) is 0 Å². The van der Waals surface area contributed by atoms with Crippen molar-refractivity contribution in [2.45, 2.75) is 25.0 Å². The van der Waals surface area contributed by atoms with E-state index in [4.69, 9.17) is 14.6 Å². The Bertz CT molecular complexity index is 153. The Balaban J connectivity index is 2.04. The van der Waals surface area contributed by atoms with Gasteiger partial charge in [0.2, 0.25) is 0 Å². The first-order valence-corrected chi connectivity index (χ1v) is 4.15. The summed E-state index contributed by atoms with van der Waals surface area (Å²) >= 11 is 0. The smallest absolute Gasteiger partial charge is 0.0989 e. The standard InChI is InChI=1S/C8H14O3/c1-6-7(4-9)10-3-2-8(6)5-11-8/h6-7,9H,2-5H2,1H3/t6-,7-,8-/m1/s1. The van der Waals surface area contributed by atoms with Crippen molar-refractivity contribution in [3.63, 3.8) is 0 Å². The Kier molecular flexibility index (Phi) is 1.67. The Hall–Kier alpha value is -0.120. The molecule has 1 N–H and O–H groups in total. The summed E-state index contributed by atoms with van der Waals surface area (Å²) in [6.45, 7) is 3.79. The maximum Gasteiger partial charge on any atom is 0.0989 e. The first-order chi connectivity index (χ1) is 5.28. The lowest BCUT2D eigenvalue weighted by molar-refractivity contribution is -0.0834. The fourth-order valence-corrected chi connectivity index (χ4v) is 1.80. The van der Waals surface area contributed by atoms with Gasteiger partial charge in [0.25, 0.3) is 0 Å². The normalized spacial score (nSPS) is 49.6. The predicted molar refractivity (Wildman–Crippen MR) is 39.3 cm³/mol. The van der Waals surface area contributed by atoms with E-state index in [2.05, 4.69) is 6.92 Å². The molecule has 2 saturated heterocycles. The van der Waals surface area contributed by atoms with E-state index in [1.165, 1.54) is 0 Å². The highest BCUT2D eigenvalue weighted by Gasteiger charge is 2.54. The highest BCUT2D eigenvalue weighted by atomic mass is 16.6. The van der Waals surface area contributed by atoms with Gasteiger partial charge in [-0.2, -0.15) is 0 Å². The van der Waals surface area contributed by atoms with Crippen LogP contribution in [0.2, 0.25) is 0 Å². The predicted octanol–water partition coefficient (Wildman–Crippen LogP) is 0.173. The number of hydrogen-bond acceptors (Lipinski definition) is 3. The molecule has 2 aliphatic rings. The van der Waals surface area contributed by atoms with Gasteiger partial charge in [0.1, 0.15) is 0 Å². The first-order valence-electron chi connectivity index (χ1n) is 4.15. The largest absolute Gasteiger partial charge is 0.394 e. The summed E-state index contributed by atoms with van der Waals surface area (Å²) in [4.78, 5) is 0. The quantitative estimate of drug-likeness (QED) is 0.553. The van der Waals surface area contributed by atoms with Gasteiger partial charge in [-0.15, -0.1) is 0 Å². The van der Waals surface area contributed by atoms with Gasteiger partial charge in [0.15, 0.2) is 0 Å². The van der Waals surface area contributed by atoms with Crippen LogP contribution in [-0.2, 0) is 9.47 Å². The van der Waals surface area contributed by atoms with Crippen molar-refractivity contribution in [1.29, 1.82) is 0 Å². The second kappa shape index (κ2) is 2.44. The molecule has 64 valence electrons. The van der Waals surface area contributed by atoms with Crippen LogP contribution in [0.4, 0.5) is 0 Å². The van der Waals surface area contributed by atoms with E-state index in [1.54, 1.807) is 0 Å². The molecule has 1 spiro atoms. The first kappa shape index (κ1) is 7.53. The van der Waals surface area contributed by atoms with Gasteiger partial charge < -0.3 is 14.6 Å². The van der Waals surface area contributed by atoms with E-state index < -0.39 is 0 Å². The van der Waals surface area contributed by atoms with Gasteiger partial charge >= 0.3 is 0 Å². The topological polar surface area (TPSA) is 42.0 Å². The molecule has 11 heavy (non-hydrogen) atoms. The molecule has 0 aliphatic carbocycles. The van der Waals surface area contributed by atoms with Crippen LogP contribution in [0.25, 0.3) is 0 Å². The van der Waals surface area contributed by atoms with Gasteiger partial charge in [-0.05, 0) is 0 Å². The second-order valence-electron chi connectivity index (χ2n) is 3.48. The fourth-order valence-electron chi connectivity index (χ4n) is 1.80. The van der Waals surface area contributed by atoms with Crippen molar-refractivity contribution < 1.29 is 14.6 Å². The SMILES string of the molecule is C[C@@H]1[C@@H](CO)OCC[C@@]12CO2. The summed E-state index contributed by atoms with van der Waals surface area (Å²) < 4.78 is 10.8. The number of ether oxygens (including phenoxy) is 2. The van der Waals surface area contributed by atoms with E-state index in [0.717, 1.165) is 19.6 Å². The minimum absolute atomic E-state index is 0.00810. The van der Waals surface area contributed by atoms with Gasteiger partial charge in [0.05, 0.1) is 24.9 Å². The average Bonchev–Trinajstić information content (AvgIpc) is 2.77. The molecular formula is C8H14O3. The molecule has 0 bridgehead atoms. The van der Waals surface area contributed by atoms with Gasteiger partial charge in [-0.25, -0.2) is 0 Å². The zero-order chi connectivity index (χ0) is 7.90. The number of hydrogen-bond donors (Lipinski definition) is 1. The summed E-state index contributed by atoms with van der Waals surface area (Å²) in [5, 5.41) is 8.94. The number of aliphatic hydroxyl groups is 1. The Morgan fingerprint density at radius 2 is 2.36 bits per heavy atom. The Labute approximate surface area is 66.3 Å².